The van der Waals surface area contributed by atoms with E-state index >= 15 is 0 Å². The van der Waals surface area contributed by atoms with Gasteiger partial charge in [-0.1, -0.05) is 42.5 Å². The maximum Gasteiger partial charge on any atom is 0.219 e. The van der Waals surface area contributed by atoms with Gasteiger partial charge < -0.3 is 15.1 Å². The first-order valence-electron chi connectivity index (χ1n) is 11.6. The normalized spacial score (nSPS) is 19.2. The van der Waals surface area contributed by atoms with Crippen molar-refractivity contribution in [1.82, 2.24) is 24.9 Å². The number of hydrogen-bond donors (Lipinski definition) is 1. The molecule has 1 aromatic rings. The number of carbonyl (C=O) groups excluding carboxylic acids is 1. The molecule has 7 nitrogen and oxygen atoms in total. The fourth-order valence-electron chi connectivity index (χ4n) is 4.05. The first-order valence-corrected chi connectivity index (χ1v) is 11.6. The first kappa shape index (κ1) is 23.3. The van der Waals surface area contributed by atoms with Gasteiger partial charge in [0, 0.05) is 78.9 Å². The van der Waals surface area contributed by atoms with Crippen molar-refractivity contribution in [3.8, 4) is 0 Å². The van der Waals surface area contributed by atoms with Crippen LogP contribution in [0, 0.1) is 0 Å². The molecule has 7 heteroatoms. The Hall–Kier alpha value is -2.38. The molecule has 3 rings (SSSR count). The topological polar surface area (TPSA) is 54.4 Å². The smallest absolute Gasteiger partial charge is 0.219 e. The SMILES string of the molecule is CCNC(=NCCN1CCN(C(C)=O)CC1)N1CCN(C/C=C/c2ccccc2)CC1. The van der Waals surface area contributed by atoms with Gasteiger partial charge in [0.15, 0.2) is 5.96 Å². The summed E-state index contributed by atoms with van der Waals surface area (Å²) in [5.74, 6) is 1.21. The zero-order valence-electron chi connectivity index (χ0n) is 19.2. The fourth-order valence-corrected chi connectivity index (χ4v) is 4.05. The molecule has 0 saturated carbocycles. The lowest BCUT2D eigenvalue weighted by atomic mass is 10.2. The number of guanidine groups is 1. The van der Waals surface area contributed by atoms with Crippen LogP contribution in [0.1, 0.15) is 19.4 Å². The number of hydrogen-bond acceptors (Lipinski definition) is 4. The number of nitrogens with zero attached hydrogens (tertiary/aromatic N) is 5. The van der Waals surface area contributed by atoms with Gasteiger partial charge in [0.1, 0.15) is 0 Å². The van der Waals surface area contributed by atoms with Crippen LogP contribution < -0.4 is 5.32 Å². The van der Waals surface area contributed by atoms with E-state index in [-0.39, 0.29) is 5.91 Å². The second kappa shape index (κ2) is 12.5. The molecule has 0 aromatic heterocycles. The highest BCUT2D eigenvalue weighted by molar-refractivity contribution is 5.80. The predicted octanol–water partition coefficient (Wildman–Crippen LogP) is 1.45. The highest BCUT2D eigenvalue weighted by Crippen LogP contribution is 2.06. The van der Waals surface area contributed by atoms with Crippen LogP contribution in [-0.4, -0.2) is 110 Å². The van der Waals surface area contributed by atoms with Gasteiger partial charge in [-0.2, -0.15) is 0 Å². The van der Waals surface area contributed by atoms with E-state index in [0.717, 1.165) is 84.5 Å². The Balaban J connectivity index is 1.40. The molecule has 2 heterocycles. The quantitative estimate of drug-likeness (QED) is 0.528. The van der Waals surface area contributed by atoms with E-state index in [2.05, 4.69) is 69.4 Å². The molecule has 0 spiro atoms. The largest absolute Gasteiger partial charge is 0.357 e. The third-order valence-corrected chi connectivity index (χ3v) is 5.98. The summed E-state index contributed by atoms with van der Waals surface area (Å²) in [6.45, 7) is 15.1. The van der Waals surface area contributed by atoms with Crippen LogP contribution in [0.25, 0.3) is 6.08 Å². The van der Waals surface area contributed by atoms with Gasteiger partial charge in [0.25, 0.3) is 0 Å². The number of nitrogens with one attached hydrogen (secondary N) is 1. The summed E-state index contributed by atoms with van der Waals surface area (Å²) in [5.41, 5.74) is 1.26. The molecule has 170 valence electrons. The average molecular weight is 427 g/mol. The summed E-state index contributed by atoms with van der Waals surface area (Å²) in [4.78, 5) is 25.6. The molecule has 2 aliphatic rings. The second-order valence-electron chi connectivity index (χ2n) is 8.18. The third kappa shape index (κ3) is 7.67. The molecule has 2 saturated heterocycles. The number of aliphatic imine (C=N–C) groups is 1. The van der Waals surface area contributed by atoms with Crippen molar-refractivity contribution in [2.24, 2.45) is 4.99 Å². The lowest BCUT2D eigenvalue weighted by Crippen LogP contribution is -2.52. The fraction of sp³-hybridized carbons (Fsp3) is 0.583. The number of benzene rings is 1. The summed E-state index contributed by atoms with van der Waals surface area (Å²) >= 11 is 0. The number of rotatable bonds is 7. The molecule has 1 N–H and O–H groups in total. The Morgan fingerprint density at radius 2 is 1.61 bits per heavy atom. The molecule has 2 fully saturated rings. The van der Waals surface area contributed by atoms with Crippen LogP contribution in [0.15, 0.2) is 41.4 Å². The Morgan fingerprint density at radius 1 is 0.968 bits per heavy atom. The van der Waals surface area contributed by atoms with Crippen LogP contribution in [0.3, 0.4) is 0 Å². The van der Waals surface area contributed by atoms with E-state index in [1.165, 1.54) is 5.56 Å². The highest BCUT2D eigenvalue weighted by Gasteiger charge is 2.20. The summed E-state index contributed by atoms with van der Waals surface area (Å²) in [5, 5.41) is 3.46. The van der Waals surface area contributed by atoms with Crippen molar-refractivity contribution in [2.75, 3.05) is 78.5 Å². The third-order valence-electron chi connectivity index (χ3n) is 5.98. The Bertz CT molecular complexity index is 719. The van der Waals surface area contributed by atoms with Gasteiger partial charge >= 0.3 is 0 Å². The minimum atomic E-state index is 0.182. The summed E-state index contributed by atoms with van der Waals surface area (Å²) in [6, 6.07) is 10.5. The molecule has 1 amide bonds. The van der Waals surface area contributed by atoms with Crippen molar-refractivity contribution in [1.29, 1.82) is 0 Å². The Kier molecular flexibility index (Phi) is 9.37. The van der Waals surface area contributed by atoms with Crippen molar-refractivity contribution in [2.45, 2.75) is 13.8 Å². The maximum atomic E-state index is 11.5. The summed E-state index contributed by atoms with van der Waals surface area (Å²) < 4.78 is 0. The van der Waals surface area contributed by atoms with E-state index in [1.54, 1.807) is 6.92 Å². The van der Waals surface area contributed by atoms with Crippen molar-refractivity contribution < 1.29 is 4.79 Å². The van der Waals surface area contributed by atoms with E-state index in [1.807, 2.05) is 4.90 Å². The monoisotopic (exact) mass is 426 g/mol. The standard InChI is InChI=1S/C24H38N6O/c1-3-25-24(26-11-13-28-14-18-29(19-15-28)22(2)31)30-20-16-27(17-21-30)12-7-10-23-8-5-4-6-9-23/h4-10H,3,11-21H2,1-2H3,(H,25,26)/b10-7+. The Labute approximate surface area is 187 Å². The van der Waals surface area contributed by atoms with E-state index in [0.29, 0.717) is 0 Å². The highest BCUT2D eigenvalue weighted by atomic mass is 16.2. The zero-order chi connectivity index (χ0) is 21.9. The molecule has 0 radical (unpaired) electrons. The molecule has 2 aliphatic heterocycles. The average Bonchev–Trinajstić information content (AvgIpc) is 2.80. The van der Waals surface area contributed by atoms with Gasteiger partial charge in [-0.05, 0) is 12.5 Å². The van der Waals surface area contributed by atoms with Crippen LogP contribution in [0.2, 0.25) is 0 Å². The van der Waals surface area contributed by atoms with Crippen LogP contribution in [0.5, 0.6) is 0 Å². The molecule has 1 aromatic carbocycles. The first-order chi connectivity index (χ1) is 15.2. The number of carbonyl (C=O) groups is 1. The minimum Gasteiger partial charge on any atom is -0.357 e. The van der Waals surface area contributed by atoms with Gasteiger partial charge in [0.2, 0.25) is 5.91 Å². The molecule has 31 heavy (non-hydrogen) atoms. The molecule has 0 aliphatic carbocycles. The maximum absolute atomic E-state index is 11.5. The molecular formula is C24H38N6O. The van der Waals surface area contributed by atoms with Gasteiger partial charge in [-0.25, -0.2) is 0 Å². The molecular weight excluding hydrogens is 388 g/mol. The lowest BCUT2D eigenvalue weighted by Gasteiger charge is -2.36. The number of amides is 1. The predicted molar refractivity (Wildman–Crippen MR) is 128 cm³/mol. The van der Waals surface area contributed by atoms with Gasteiger partial charge in [-0.15, -0.1) is 0 Å². The van der Waals surface area contributed by atoms with E-state index in [4.69, 9.17) is 4.99 Å². The zero-order valence-corrected chi connectivity index (χ0v) is 19.2. The minimum absolute atomic E-state index is 0.182. The molecule has 0 bridgehead atoms. The van der Waals surface area contributed by atoms with Crippen LogP contribution in [-0.2, 0) is 4.79 Å². The van der Waals surface area contributed by atoms with E-state index < -0.39 is 0 Å². The molecule has 0 unspecified atom stereocenters. The Morgan fingerprint density at radius 3 is 2.26 bits per heavy atom. The summed E-state index contributed by atoms with van der Waals surface area (Å²) in [6.07, 6.45) is 4.46. The lowest BCUT2D eigenvalue weighted by molar-refractivity contribution is -0.130. The van der Waals surface area contributed by atoms with Gasteiger partial charge in [0.05, 0.1) is 6.54 Å². The number of piperazine rings is 2. The van der Waals surface area contributed by atoms with Crippen molar-refractivity contribution in [3.05, 3.63) is 42.0 Å². The van der Waals surface area contributed by atoms with Crippen LogP contribution >= 0.6 is 0 Å². The molecule has 0 atom stereocenters. The van der Waals surface area contributed by atoms with E-state index in [9.17, 15) is 4.79 Å². The van der Waals surface area contributed by atoms with Crippen molar-refractivity contribution >= 4 is 17.9 Å². The summed E-state index contributed by atoms with van der Waals surface area (Å²) in [7, 11) is 0. The second-order valence-corrected chi connectivity index (χ2v) is 8.18. The van der Waals surface area contributed by atoms with Crippen LogP contribution in [0.4, 0.5) is 0 Å². The van der Waals surface area contributed by atoms with Gasteiger partial charge in [-0.3, -0.25) is 19.6 Å². The van der Waals surface area contributed by atoms with Crippen molar-refractivity contribution in [3.63, 3.8) is 0 Å².